The Kier molecular flexibility index (Phi) is 4.63. The first kappa shape index (κ1) is 15.8. The molecule has 2 aromatic rings. The van der Waals surface area contributed by atoms with Crippen LogP contribution < -0.4 is 5.32 Å². The van der Waals surface area contributed by atoms with Gasteiger partial charge in [-0.05, 0) is 36.7 Å². The fourth-order valence-corrected chi connectivity index (χ4v) is 4.86. The summed E-state index contributed by atoms with van der Waals surface area (Å²) in [5.41, 5.74) is 1.04. The number of hydrogen-bond acceptors (Lipinski definition) is 5. The summed E-state index contributed by atoms with van der Waals surface area (Å²) in [5, 5.41) is 6.66. The van der Waals surface area contributed by atoms with Gasteiger partial charge >= 0.3 is 5.97 Å². The maximum Gasteiger partial charge on any atom is 0.311 e. The van der Waals surface area contributed by atoms with Gasteiger partial charge in [-0.2, -0.15) is 0 Å². The lowest BCUT2D eigenvalue weighted by atomic mass is 9.84. The van der Waals surface area contributed by atoms with E-state index in [2.05, 4.69) is 10.3 Å². The summed E-state index contributed by atoms with van der Waals surface area (Å²) < 4.78 is 5.64. The average molecular weight is 342 g/mol. The van der Waals surface area contributed by atoms with Crippen molar-refractivity contribution in [2.24, 2.45) is 17.8 Å². The van der Waals surface area contributed by atoms with Gasteiger partial charge in [0.25, 0.3) is 0 Å². The number of ether oxygens (including phenoxy) is 1. The summed E-state index contributed by atoms with van der Waals surface area (Å²) >= 11 is 1.65. The molecular weight excluding hydrogens is 320 g/mol. The van der Waals surface area contributed by atoms with Gasteiger partial charge in [-0.1, -0.05) is 30.3 Å². The number of carbonyl (C=O) groups excluding carboxylic acids is 1. The molecular formula is C19H22N2O2S. The van der Waals surface area contributed by atoms with Crippen molar-refractivity contribution in [3.05, 3.63) is 52.5 Å². The van der Waals surface area contributed by atoms with E-state index in [-0.39, 0.29) is 17.9 Å². The number of aromatic nitrogens is 1. The summed E-state index contributed by atoms with van der Waals surface area (Å²) in [4.78, 5) is 17.0. The smallest absolute Gasteiger partial charge is 0.311 e. The average Bonchev–Trinajstić information content (AvgIpc) is 3.35. The van der Waals surface area contributed by atoms with Crippen LogP contribution >= 0.6 is 11.3 Å². The van der Waals surface area contributed by atoms with Gasteiger partial charge in [-0.3, -0.25) is 4.79 Å². The Hall–Kier alpha value is -1.72. The van der Waals surface area contributed by atoms with E-state index in [1.807, 2.05) is 41.9 Å². The Balaban J connectivity index is 1.38. The molecule has 126 valence electrons. The molecule has 24 heavy (non-hydrogen) atoms. The molecule has 5 heteroatoms. The van der Waals surface area contributed by atoms with Crippen LogP contribution in [0.1, 0.15) is 29.8 Å². The first-order valence-corrected chi connectivity index (χ1v) is 9.51. The van der Waals surface area contributed by atoms with Crippen molar-refractivity contribution in [1.29, 1.82) is 0 Å². The summed E-state index contributed by atoms with van der Waals surface area (Å²) in [6.07, 6.45) is 5.36. The fraction of sp³-hybridized carbons (Fsp3) is 0.474. The molecule has 2 bridgehead atoms. The maximum absolute atomic E-state index is 12.7. The molecule has 4 nitrogen and oxygen atoms in total. The molecule has 1 heterocycles. The molecule has 1 aromatic heterocycles. The third kappa shape index (κ3) is 3.23. The van der Waals surface area contributed by atoms with E-state index in [1.165, 1.54) is 6.42 Å². The van der Waals surface area contributed by atoms with Crippen molar-refractivity contribution < 1.29 is 9.53 Å². The van der Waals surface area contributed by atoms with Gasteiger partial charge in [0.1, 0.15) is 11.6 Å². The maximum atomic E-state index is 12.7. The lowest BCUT2D eigenvalue weighted by Gasteiger charge is -2.30. The second-order valence-electron chi connectivity index (χ2n) is 6.78. The fourth-order valence-electron chi connectivity index (χ4n) is 4.29. The van der Waals surface area contributed by atoms with E-state index >= 15 is 0 Å². The van der Waals surface area contributed by atoms with E-state index in [0.29, 0.717) is 18.4 Å². The van der Waals surface area contributed by atoms with Crippen molar-refractivity contribution in [3.63, 3.8) is 0 Å². The Labute approximate surface area is 146 Å². The van der Waals surface area contributed by atoms with Gasteiger partial charge < -0.3 is 10.1 Å². The van der Waals surface area contributed by atoms with Crippen molar-refractivity contribution in [1.82, 2.24) is 10.3 Å². The molecule has 1 N–H and O–H groups in total. The van der Waals surface area contributed by atoms with Crippen LogP contribution in [0.5, 0.6) is 0 Å². The van der Waals surface area contributed by atoms with Gasteiger partial charge in [0, 0.05) is 24.2 Å². The monoisotopic (exact) mass is 342 g/mol. The zero-order valence-corrected chi connectivity index (χ0v) is 14.4. The highest BCUT2D eigenvalue weighted by atomic mass is 32.1. The number of fused-ring (bicyclic) bond motifs is 2. The lowest BCUT2D eigenvalue weighted by Crippen LogP contribution is -2.44. The van der Waals surface area contributed by atoms with Gasteiger partial charge in [0.15, 0.2) is 0 Å². The second kappa shape index (κ2) is 7.03. The van der Waals surface area contributed by atoms with Crippen molar-refractivity contribution in [3.8, 4) is 0 Å². The van der Waals surface area contributed by atoms with Gasteiger partial charge in [-0.15, -0.1) is 11.3 Å². The molecule has 0 amide bonds. The topological polar surface area (TPSA) is 51.2 Å². The van der Waals surface area contributed by atoms with Gasteiger partial charge in [0.05, 0.1) is 5.92 Å². The van der Waals surface area contributed by atoms with Crippen molar-refractivity contribution in [2.75, 3.05) is 0 Å². The number of benzene rings is 1. The zero-order valence-electron chi connectivity index (χ0n) is 13.6. The minimum absolute atomic E-state index is 0.00701. The highest BCUT2D eigenvalue weighted by molar-refractivity contribution is 7.09. The highest BCUT2D eigenvalue weighted by Crippen LogP contribution is 2.49. The molecule has 0 aliphatic heterocycles. The predicted octanol–water partition coefficient (Wildman–Crippen LogP) is 3.39. The van der Waals surface area contributed by atoms with E-state index in [0.717, 1.165) is 30.0 Å². The quantitative estimate of drug-likeness (QED) is 0.818. The number of esters is 1. The molecule has 2 aliphatic carbocycles. The summed E-state index contributed by atoms with van der Waals surface area (Å²) in [5.74, 6) is 1.03. The molecule has 0 radical (unpaired) electrons. The van der Waals surface area contributed by atoms with E-state index in [4.69, 9.17) is 4.74 Å². The van der Waals surface area contributed by atoms with Crippen LogP contribution in [-0.4, -0.2) is 17.0 Å². The van der Waals surface area contributed by atoms with E-state index in [1.54, 1.807) is 11.3 Å². The number of nitrogens with one attached hydrogen (secondary N) is 1. The van der Waals surface area contributed by atoms with Gasteiger partial charge in [-0.25, -0.2) is 4.98 Å². The molecule has 4 atom stereocenters. The van der Waals surface area contributed by atoms with Crippen LogP contribution in [0.3, 0.4) is 0 Å². The third-order valence-electron chi connectivity index (χ3n) is 5.38. The zero-order chi connectivity index (χ0) is 16.4. The second-order valence-corrected chi connectivity index (χ2v) is 7.76. The first-order chi connectivity index (χ1) is 11.8. The predicted molar refractivity (Wildman–Crippen MR) is 93.3 cm³/mol. The minimum atomic E-state index is -0.0392. The summed E-state index contributed by atoms with van der Waals surface area (Å²) in [6.45, 7) is 1.11. The lowest BCUT2D eigenvalue weighted by molar-refractivity contribution is -0.152. The molecule has 2 fully saturated rings. The van der Waals surface area contributed by atoms with Crippen molar-refractivity contribution >= 4 is 17.3 Å². The van der Waals surface area contributed by atoms with Gasteiger partial charge in [0.2, 0.25) is 0 Å². The Morgan fingerprint density at radius 3 is 2.88 bits per heavy atom. The van der Waals surface area contributed by atoms with Crippen LogP contribution in [-0.2, 0) is 22.7 Å². The first-order valence-electron chi connectivity index (χ1n) is 8.63. The van der Waals surface area contributed by atoms with Crippen LogP contribution in [0.25, 0.3) is 0 Å². The number of rotatable bonds is 6. The number of nitrogens with zero attached hydrogens (tertiary/aromatic N) is 1. The van der Waals surface area contributed by atoms with E-state index < -0.39 is 0 Å². The third-order valence-corrected chi connectivity index (χ3v) is 6.16. The van der Waals surface area contributed by atoms with Crippen LogP contribution in [0.4, 0.5) is 0 Å². The largest absolute Gasteiger partial charge is 0.461 e. The minimum Gasteiger partial charge on any atom is -0.461 e. The number of carbonyl (C=O) groups is 1. The Bertz CT molecular complexity index is 674. The molecule has 1 aromatic carbocycles. The SMILES string of the molecule is O=C(OCc1ccccc1)[C@@H]1[C@H]2CC[C@@H](C2)[C@@H]1NCc1nccs1. The standard InChI is InChI=1S/C19H22N2O2S/c22-19(23-12-13-4-2-1-3-5-13)17-14-6-7-15(10-14)18(17)21-11-16-20-8-9-24-16/h1-5,8-9,14-15,17-18,21H,6-7,10-12H2/t14-,15-,17+,18-/m0/s1. The Morgan fingerprint density at radius 2 is 2.08 bits per heavy atom. The molecule has 4 rings (SSSR count). The van der Waals surface area contributed by atoms with Crippen LogP contribution in [0, 0.1) is 17.8 Å². The van der Waals surface area contributed by atoms with Crippen LogP contribution in [0.15, 0.2) is 41.9 Å². The summed E-state index contributed by atoms with van der Waals surface area (Å²) in [7, 11) is 0. The van der Waals surface area contributed by atoms with E-state index in [9.17, 15) is 4.79 Å². The molecule has 0 saturated heterocycles. The molecule has 0 unspecified atom stereocenters. The number of thiazole rings is 1. The molecule has 0 spiro atoms. The van der Waals surface area contributed by atoms with Crippen molar-refractivity contribution in [2.45, 2.75) is 38.5 Å². The van der Waals surface area contributed by atoms with Crippen LogP contribution in [0.2, 0.25) is 0 Å². The normalized spacial score (nSPS) is 28.2. The highest BCUT2D eigenvalue weighted by Gasteiger charge is 2.51. The summed E-state index contributed by atoms with van der Waals surface area (Å²) in [6, 6.07) is 10.1. The Morgan fingerprint density at radius 1 is 1.25 bits per heavy atom. The molecule has 2 aliphatic rings. The molecule has 2 saturated carbocycles. The number of hydrogen-bond donors (Lipinski definition) is 1.